The Morgan fingerprint density at radius 2 is 1.30 bits per heavy atom. The molecule has 0 saturated carbocycles. The van der Waals surface area contributed by atoms with Crippen LogP contribution in [0.5, 0.6) is 0 Å². The molecule has 0 aromatic rings. The molecule has 4 heteroatoms. The molecule has 1 saturated heterocycles. The van der Waals surface area contributed by atoms with Crippen molar-refractivity contribution in [1.29, 1.82) is 0 Å². The third kappa shape index (κ3) is 1.10. The molecule has 0 radical (unpaired) electrons. The van der Waals surface area contributed by atoms with Crippen LogP contribution in [-0.2, 0) is 9.59 Å². The number of hydrogen-bond donors (Lipinski definition) is 2. The van der Waals surface area contributed by atoms with Crippen LogP contribution in [0.4, 0.5) is 0 Å². The van der Waals surface area contributed by atoms with E-state index >= 15 is 0 Å². The quantitative estimate of drug-likeness (QED) is 0.456. The van der Waals surface area contributed by atoms with Crippen LogP contribution >= 0.6 is 0 Å². The number of nitrogens with one attached hydrogen (secondary N) is 2. The molecule has 4 nitrogen and oxygen atoms in total. The maximum absolute atomic E-state index is 10.8. The Balaban J connectivity index is 2.63. The van der Waals surface area contributed by atoms with Gasteiger partial charge < -0.3 is 10.6 Å². The Labute approximate surface area is 59.0 Å². The van der Waals surface area contributed by atoms with Crippen LogP contribution in [0.3, 0.4) is 0 Å². The second-order valence-corrected chi connectivity index (χ2v) is 2.46. The number of rotatable bonds is 0. The Hall–Kier alpha value is -1.06. The standard InChI is InChI=1S/C6H10N2O2/c1-3-5(9)8-4(2)6(10)7-3/h3-4H,1-2H3,(H,7,10)(H,8,9)/t3-,4?/m0/s1. The van der Waals surface area contributed by atoms with E-state index in [2.05, 4.69) is 10.6 Å². The van der Waals surface area contributed by atoms with Gasteiger partial charge in [-0.05, 0) is 13.8 Å². The zero-order valence-corrected chi connectivity index (χ0v) is 5.97. The van der Waals surface area contributed by atoms with Gasteiger partial charge in [-0.2, -0.15) is 0 Å². The summed E-state index contributed by atoms with van der Waals surface area (Å²) in [6.45, 7) is 3.30. The van der Waals surface area contributed by atoms with Gasteiger partial charge in [0.05, 0.1) is 0 Å². The fraction of sp³-hybridized carbons (Fsp3) is 0.667. The SMILES string of the molecule is CC1NC(=O)[C@H](C)NC1=O. The monoisotopic (exact) mass is 142 g/mol. The van der Waals surface area contributed by atoms with Crippen LogP contribution < -0.4 is 10.6 Å². The first kappa shape index (κ1) is 7.05. The molecule has 2 amide bonds. The lowest BCUT2D eigenvalue weighted by atomic mass is 10.2. The summed E-state index contributed by atoms with van der Waals surface area (Å²) < 4.78 is 0. The molecule has 1 heterocycles. The molecule has 1 aliphatic rings. The van der Waals surface area contributed by atoms with Crippen LogP contribution in [0.15, 0.2) is 0 Å². The van der Waals surface area contributed by atoms with Gasteiger partial charge in [0.25, 0.3) is 0 Å². The van der Waals surface area contributed by atoms with Gasteiger partial charge in [-0.15, -0.1) is 0 Å². The number of hydrogen-bond acceptors (Lipinski definition) is 2. The van der Waals surface area contributed by atoms with E-state index in [0.717, 1.165) is 0 Å². The maximum Gasteiger partial charge on any atom is 0.242 e. The average molecular weight is 142 g/mol. The van der Waals surface area contributed by atoms with Crippen molar-refractivity contribution in [2.75, 3.05) is 0 Å². The van der Waals surface area contributed by atoms with Gasteiger partial charge >= 0.3 is 0 Å². The summed E-state index contributed by atoms with van der Waals surface area (Å²) in [5, 5.41) is 5.06. The molecular formula is C6H10N2O2. The molecule has 0 aliphatic carbocycles. The van der Waals surface area contributed by atoms with E-state index in [0.29, 0.717) is 0 Å². The van der Waals surface area contributed by atoms with Gasteiger partial charge in [0.2, 0.25) is 11.8 Å². The first-order valence-corrected chi connectivity index (χ1v) is 3.22. The summed E-state index contributed by atoms with van der Waals surface area (Å²) in [4.78, 5) is 21.6. The summed E-state index contributed by atoms with van der Waals surface area (Å²) in [6.07, 6.45) is 0. The molecule has 0 bridgehead atoms. The van der Waals surface area contributed by atoms with E-state index in [-0.39, 0.29) is 23.9 Å². The molecule has 1 rings (SSSR count). The average Bonchev–Trinajstić information content (AvgIpc) is 1.84. The molecule has 10 heavy (non-hydrogen) atoms. The molecule has 0 spiro atoms. The zero-order chi connectivity index (χ0) is 7.72. The minimum Gasteiger partial charge on any atom is -0.343 e. The molecule has 1 fully saturated rings. The first-order chi connectivity index (χ1) is 4.61. The van der Waals surface area contributed by atoms with Crippen LogP contribution in [0, 0.1) is 0 Å². The van der Waals surface area contributed by atoms with Gasteiger partial charge in [0.15, 0.2) is 0 Å². The van der Waals surface area contributed by atoms with Crippen LogP contribution in [0.1, 0.15) is 13.8 Å². The second kappa shape index (κ2) is 2.28. The van der Waals surface area contributed by atoms with Crippen molar-refractivity contribution in [2.45, 2.75) is 25.9 Å². The molecule has 2 atom stereocenters. The van der Waals surface area contributed by atoms with Gasteiger partial charge in [-0.25, -0.2) is 0 Å². The third-order valence-corrected chi connectivity index (χ3v) is 1.50. The van der Waals surface area contributed by atoms with Crippen molar-refractivity contribution in [3.8, 4) is 0 Å². The van der Waals surface area contributed by atoms with Gasteiger partial charge in [0, 0.05) is 0 Å². The van der Waals surface area contributed by atoms with E-state index in [4.69, 9.17) is 0 Å². The normalized spacial score (nSPS) is 33.0. The minimum absolute atomic E-state index is 0.118. The first-order valence-electron chi connectivity index (χ1n) is 3.22. The highest BCUT2D eigenvalue weighted by molar-refractivity contribution is 5.96. The number of carbonyl (C=O) groups excluding carboxylic acids is 2. The van der Waals surface area contributed by atoms with E-state index in [1.54, 1.807) is 13.8 Å². The molecule has 0 aromatic heterocycles. The van der Waals surface area contributed by atoms with Crippen molar-refractivity contribution in [1.82, 2.24) is 10.6 Å². The van der Waals surface area contributed by atoms with Gasteiger partial charge in [-0.3, -0.25) is 9.59 Å². The van der Waals surface area contributed by atoms with Crippen LogP contribution in [0.25, 0.3) is 0 Å². The predicted molar refractivity (Wildman–Crippen MR) is 35.2 cm³/mol. The fourth-order valence-electron chi connectivity index (χ4n) is 0.808. The molecule has 56 valence electrons. The molecular weight excluding hydrogens is 132 g/mol. The Morgan fingerprint density at radius 1 is 1.00 bits per heavy atom. The molecule has 1 unspecified atom stereocenters. The summed E-state index contributed by atoms with van der Waals surface area (Å²) in [5.41, 5.74) is 0. The predicted octanol–water partition coefficient (Wildman–Crippen LogP) is -0.991. The van der Waals surface area contributed by atoms with E-state index in [9.17, 15) is 9.59 Å². The zero-order valence-electron chi connectivity index (χ0n) is 5.97. The topological polar surface area (TPSA) is 58.2 Å². The Morgan fingerprint density at radius 3 is 1.60 bits per heavy atom. The lowest BCUT2D eigenvalue weighted by molar-refractivity contribution is -0.135. The van der Waals surface area contributed by atoms with Gasteiger partial charge in [0.1, 0.15) is 12.1 Å². The number of piperazine rings is 1. The lowest BCUT2D eigenvalue weighted by Crippen LogP contribution is -2.59. The highest BCUT2D eigenvalue weighted by atomic mass is 16.2. The lowest BCUT2D eigenvalue weighted by Gasteiger charge is -2.24. The highest BCUT2D eigenvalue weighted by Crippen LogP contribution is 1.94. The molecule has 2 N–H and O–H groups in total. The summed E-state index contributed by atoms with van der Waals surface area (Å²) in [5.74, 6) is -0.237. The second-order valence-electron chi connectivity index (χ2n) is 2.46. The van der Waals surface area contributed by atoms with E-state index in [1.165, 1.54) is 0 Å². The fourth-order valence-corrected chi connectivity index (χ4v) is 0.808. The van der Waals surface area contributed by atoms with Crippen LogP contribution in [-0.4, -0.2) is 23.9 Å². The largest absolute Gasteiger partial charge is 0.343 e. The van der Waals surface area contributed by atoms with Crippen molar-refractivity contribution in [2.24, 2.45) is 0 Å². The maximum atomic E-state index is 10.8. The van der Waals surface area contributed by atoms with Crippen molar-refractivity contribution in [3.63, 3.8) is 0 Å². The molecule has 0 aromatic carbocycles. The van der Waals surface area contributed by atoms with Crippen molar-refractivity contribution < 1.29 is 9.59 Å². The number of carbonyl (C=O) groups is 2. The van der Waals surface area contributed by atoms with E-state index in [1.807, 2.05) is 0 Å². The Kier molecular flexibility index (Phi) is 1.61. The van der Waals surface area contributed by atoms with Crippen molar-refractivity contribution in [3.05, 3.63) is 0 Å². The van der Waals surface area contributed by atoms with E-state index < -0.39 is 0 Å². The molecule has 1 aliphatic heterocycles. The van der Waals surface area contributed by atoms with Crippen LogP contribution in [0.2, 0.25) is 0 Å². The smallest absolute Gasteiger partial charge is 0.242 e. The minimum atomic E-state index is -0.385. The van der Waals surface area contributed by atoms with Gasteiger partial charge in [-0.1, -0.05) is 0 Å². The Bertz CT molecular complexity index is 159. The summed E-state index contributed by atoms with van der Waals surface area (Å²) >= 11 is 0. The summed E-state index contributed by atoms with van der Waals surface area (Å²) in [6, 6.07) is -0.771. The number of amides is 2. The third-order valence-electron chi connectivity index (χ3n) is 1.50. The highest BCUT2D eigenvalue weighted by Gasteiger charge is 2.26. The summed E-state index contributed by atoms with van der Waals surface area (Å²) in [7, 11) is 0. The van der Waals surface area contributed by atoms with Crippen molar-refractivity contribution >= 4 is 11.8 Å².